The number of carboxylic acid groups (broad SMARTS) is 1. The molecular weight excluding hydrogens is 402 g/mol. The van der Waals surface area contributed by atoms with Crippen LogP contribution in [-0.2, 0) is 16.0 Å². The van der Waals surface area contributed by atoms with Crippen molar-refractivity contribution in [2.45, 2.75) is 38.5 Å². The number of aromatic nitrogens is 1. The minimum absolute atomic E-state index is 0. The highest BCUT2D eigenvalue weighted by molar-refractivity contribution is 7.59. The van der Waals surface area contributed by atoms with Crippen molar-refractivity contribution in [3.05, 3.63) is 76.8 Å². The van der Waals surface area contributed by atoms with E-state index >= 15 is 0 Å². The fourth-order valence-corrected chi connectivity index (χ4v) is 3.89. The van der Waals surface area contributed by atoms with Crippen LogP contribution in [0.2, 0.25) is 0 Å². The minimum Gasteiger partial charge on any atom is -0.481 e. The number of carboxylic acids is 1. The zero-order chi connectivity index (χ0) is 20.1. The van der Waals surface area contributed by atoms with Crippen LogP contribution in [0.5, 0.6) is 0 Å². The third kappa shape index (κ3) is 6.02. The van der Waals surface area contributed by atoms with Crippen LogP contribution in [-0.4, -0.2) is 21.8 Å². The Morgan fingerprint density at radius 1 is 1.00 bits per heavy atom. The van der Waals surface area contributed by atoms with Crippen LogP contribution in [0.25, 0.3) is 10.6 Å². The Labute approximate surface area is 182 Å². The van der Waals surface area contributed by atoms with Crippen molar-refractivity contribution in [1.82, 2.24) is 4.98 Å². The van der Waals surface area contributed by atoms with Crippen molar-refractivity contribution >= 4 is 36.6 Å². The Morgan fingerprint density at radius 2 is 1.66 bits per heavy atom. The van der Waals surface area contributed by atoms with Gasteiger partial charge in [0.15, 0.2) is 0 Å². The number of nitrogens with zero attached hydrogens (tertiary/aromatic N) is 1. The Kier molecular flexibility index (Phi) is 8.17. The number of aliphatic carboxylic acids is 1. The lowest BCUT2D eigenvalue weighted by Crippen LogP contribution is -2.17. The van der Waals surface area contributed by atoms with Crippen LogP contribution < -0.4 is 0 Å². The molecule has 0 saturated heterocycles. The number of hydrogen-bond donors (Lipinski definition) is 1. The molecule has 152 valence electrons. The fraction of sp³-hybridized carbons (Fsp3) is 0.261. The quantitative estimate of drug-likeness (QED) is 0.521. The van der Waals surface area contributed by atoms with Gasteiger partial charge in [0.1, 0.15) is 10.8 Å². The first-order chi connectivity index (χ1) is 13.4. The summed E-state index contributed by atoms with van der Waals surface area (Å²) in [6.07, 6.45) is 0.118. The molecule has 3 rings (SSSR count). The van der Waals surface area contributed by atoms with E-state index in [-0.39, 0.29) is 32.1 Å². The van der Waals surface area contributed by atoms with E-state index in [2.05, 4.69) is 43.1 Å². The van der Waals surface area contributed by atoms with Crippen molar-refractivity contribution in [3.8, 4) is 10.6 Å². The van der Waals surface area contributed by atoms with Gasteiger partial charge in [-0.05, 0) is 17.0 Å². The van der Waals surface area contributed by atoms with Crippen LogP contribution in [0.1, 0.15) is 48.9 Å². The molecule has 0 unspecified atom stereocenters. The molecule has 1 N–H and O–H groups in total. The lowest BCUT2D eigenvalue weighted by atomic mass is 9.93. The zero-order valence-electron chi connectivity index (χ0n) is 16.5. The summed E-state index contributed by atoms with van der Waals surface area (Å²) in [6, 6.07) is 17.2. The van der Waals surface area contributed by atoms with E-state index in [1.54, 1.807) is 24.3 Å². The second-order valence-corrected chi connectivity index (χ2v) is 8.00. The molecule has 0 radical (unpaired) electrons. The summed E-state index contributed by atoms with van der Waals surface area (Å²) in [6.45, 7) is 4.31. The highest BCUT2D eigenvalue weighted by atomic mass is 32.1. The van der Waals surface area contributed by atoms with E-state index in [0.717, 1.165) is 10.6 Å². The van der Waals surface area contributed by atoms with Gasteiger partial charge in [-0.2, -0.15) is 13.5 Å². The van der Waals surface area contributed by atoms with Crippen molar-refractivity contribution in [2.75, 3.05) is 0 Å². The number of rotatable bonds is 8. The molecule has 0 aliphatic heterocycles. The molecule has 0 saturated carbocycles. The maximum atomic E-state index is 12.5. The SMILES string of the molecule is CC(C)c1ccc(-c2nc(CC(=O)C[C@@H](C(=O)O)c3ccccc3)cs2)cc1.S. The number of benzene rings is 2. The monoisotopic (exact) mass is 427 g/mol. The van der Waals surface area contributed by atoms with E-state index < -0.39 is 11.9 Å². The molecule has 0 aliphatic rings. The van der Waals surface area contributed by atoms with Gasteiger partial charge < -0.3 is 5.11 Å². The highest BCUT2D eigenvalue weighted by Gasteiger charge is 2.23. The van der Waals surface area contributed by atoms with E-state index in [4.69, 9.17) is 0 Å². The third-order valence-corrected chi connectivity index (χ3v) is 5.63. The maximum Gasteiger partial charge on any atom is 0.311 e. The van der Waals surface area contributed by atoms with Crippen LogP contribution in [0.3, 0.4) is 0 Å². The van der Waals surface area contributed by atoms with Crippen molar-refractivity contribution in [2.24, 2.45) is 0 Å². The van der Waals surface area contributed by atoms with Gasteiger partial charge in [-0.25, -0.2) is 4.98 Å². The molecule has 1 atom stereocenters. The van der Waals surface area contributed by atoms with Gasteiger partial charge in [-0.15, -0.1) is 11.3 Å². The van der Waals surface area contributed by atoms with Gasteiger partial charge >= 0.3 is 5.97 Å². The molecule has 0 aliphatic carbocycles. The molecule has 0 amide bonds. The first kappa shape index (κ1) is 22.8. The first-order valence-corrected chi connectivity index (χ1v) is 10.2. The number of thiazole rings is 1. The normalized spacial score (nSPS) is 11.7. The number of hydrogen-bond acceptors (Lipinski definition) is 4. The van der Waals surface area contributed by atoms with Gasteiger partial charge in [-0.1, -0.05) is 68.4 Å². The van der Waals surface area contributed by atoms with Gasteiger partial charge in [-0.3, -0.25) is 9.59 Å². The molecule has 29 heavy (non-hydrogen) atoms. The van der Waals surface area contributed by atoms with E-state index in [1.807, 2.05) is 11.4 Å². The summed E-state index contributed by atoms with van der Waals surface area (Å²) < 4.78 is 0. The topological polar surface area (TPSA) is 67.3 Å². The van der Waals surface area contributed by atoms with Crippen LogP contribution in [0, 0.1) is 0 Å². The third-order valence-electron chi connectivity index (χ3n) is 4.69. The molecular formula is C23H25NO3S2. The minimum atomic E-state index is -0.983. The summed E-state index contributed by atoms with van der Waals surface area (Å²) in [5, 5.41) is 12.2. The predicted octanol–water partition coefficient (Wildman–Crippen LogP) is 5.42. The molecule has 0 fully saturated rings. The smallest absolute Gasteiger partial charge is 0.311 e. The number of ketones is 1. The number of carbonyl (C=O) groups is 2. The first-order valence-electron chi connectivity index (χ1n) is 9.28. The Hall–Kier alpha value is -2.44. The molecule has 4 nitrogen and oxygen atoms in total. The van der Waals surface area contributed by atoms with Crippen molar-refractivity contribution < 1.29 is 14.7 Å². The van der Waals surface area contributed by atoms with E-state index in [0.29, 0.717) is 17.2 Å². The molecule has 0 bridgehead atoms. The van der Waals surface area contributed by atoms with Gasteiger partial charge in [0, 0.05) is 23.8 Å². The van der Waals surface area contributed by atoms with Gasteiger partial charge in [0.05, 0.1) is 11.6 Å². The molecule has 2 aromatic carbocycles. The lowest BCUT2D eigenvalue weighted by molar-refractivity contribution is -0.140. The summed E-state index contributed by atoms with van der Waals surface area (Å²) >= 11 is 1.50. The summed E-state index contributed by atoms with van der Waals surface area (Å²) in [5.41, 5.74) is 3.64. The van der Waals surface area contributed by atoms with E-state index in [9.17, 15) is 14.7 Å². The molecule has 1 aromatic heterocycles. The Balaban J connectivity index is 0.00000300. The van der Waals surface area contributed by atoms with Gasteiger partial charge in [0.25, 0.3) is 0 Å². The average molecular weight is 428 g/mol. The molecule has 0 spiro atoms. The maximum absolute atomic E-state index is 12.5. The second kappa shape index (κ2) is 10.4. The Bertz CT molecular complexity index is 950. The van der Waals surface area contributed by atoms with Crippen molar-refractivity contribution in [3.63, 3.8) is 0 Å². The summed E-state index contributed by atoms with van der Waals surface area (Å²) in [4.78, 5) is 28.6. The number of Topliss-reactive ketones (excluding diaryl/α,β-unsaturated/α-hetero) is 1. The standard InChI is InChI=1S/C23H23NO3S.H2S/c1-15(2)16-8-10-18(11-9-16)22-24-19(14-28-22)12-20(25)13-21(23(26)27)17-6-4-3-5-7-17;/h3-11,14-15,21H,12-13H2,1-2H3,(H,26,27);1H2/t21-;/m1./s1. The fourth-order valence-electron chi connectivity index (χ4n) is 3.07. The molecule has 6 heteroatoms. The van der Waals surface area contributed by atoms with Crippen LogP contribution >= 0.6 is 24.8 Å². The highest BCUT2D eigenvalue weighted by Crippen LogP contribution is 2.27. The van der Waals surface area contributed by atoms with Gasteiger partial charge in [0.2, 0.25) is 0 Å². The second-order valence-electron chi connectivity index (χ2n) is 7.14. The largest absolute Gasteiger partial charge is 0.481 e. The zero-order valence-corrected chi connectivity index (χ0v) is 18.3. The Morgan fingerprint density at radius 3 is 2.24 bits per heavy atom. The van der Waals surface area contributed by atoms with Crippen LogP contribution in [0.15, 0.2) is 60.0 Å². The number of carbonyl (C=O) groups excluding carboxylic acids is 1. The summed E-state index contributed by atoms with van der Waals surface area (Å²) in [5.74, 6) is -1.45. The average Bonchev–Trinajstić information content (AvgIpc) is 3.15. The van der Waals surface area contributed by atoms with E-state index in [1.165, 1.54) is 16.9 Å². The lowest BCUT2D eigenvalue weighted by Gasteiger charge is -2.11. The van der Waals surface area contributed by atoms with Crippen LogP contribution in [0.4, 0.5) is 0 Å². The predicted molar refractivity (Wildman–Crippen MR) is 122 cm³/mol. The van der Waals surface area contributed by atoms with Crippen molar-refractivity contribution in [1.29, 1.82) is 0 Å². The summed E-state index contributed by atoms with van der Waals surface area (Å²) in [7, 11) is 0. The molecule has 1 heterocycles. The molecule has 3 aromatic rings.